The summed E-state index contributed by atoms with van der Waals surface area (Å²) in [7, 11) is 0. The fourth-order valence-electron chi connectivity index (χ4n) is 2.45. The van der Waals surface area contributed by atoms with Crippen molar-refractivity contribution < 1.29 is 4.74 Å². The number of hydrogen-bond acceptors (Lipinski definition) is 4. The maximum atomic E-state index is 5.94. The summed E-state index contributed by atoms with van der Waals surface area (Å²) in [5.41, 5.74) is 1.11. The molecular formula is C14H22N2OS. The molecule has 100 valence electrons. The molecule has 0 atom stereocenters. The molecule has 1 N–H and O–H groups in total. The average molecular weight is 266 g/mol. The summed E-state index contributed by atoms with van der Waals surface area (Å²) in [6, 6.07) is 0.760. The summed E-state index contributed by atoms with van der Waals surface area (Å²) in [6.45, 7) is 1.63. The Kier molecular flexibility index (Phi) is 4.28. The maximum Gasteiger partial charge on any atom is 0.107 e. The summed E-state index contributed by atoms with van der Waals surface area (Å²) < 4.78 is 5.94. The summed E-state index contributed by atoms with van der Waals surface area (Å²) in [6.07, 6.45) is 9.67. The van der Waals surface area contributed by atoms with Crippen molar-refractivity contribution in [1.29, 1.82) is 0 Å². The largest absolute Gasteiger partial charge is 0.372 e. The van der Waals surface area contributed by atoms with Gasteiger partial charge in [-0.1, -0.05) is 19.3 Å². The van der Waals surface area contributed by atoms with E-state index in [-0.39, 0.29) is 0 Å². The van der Waals surface area contributed by atoms with Crippen LogP contribution in [0.15, 0.2) is 5.38 Å². The zero-order valence-corrected chi connectivity index (χ0v) is 11.7. The minimum atomic E-state index is 0.480. The molecule has 1 aromatic heterocycles. The third kappa shape index (κ3) is 3.77. The molecule has 2 aliphatic rings. The predicted octanol–water partition coefficient (Wildman–Crippen LogP) is 3.24. The first-order valence-corrected chi connectivity index (χ1v) is 8.06. The van der Waals surface area contributed by atoms with Gasteiger partial charge in [0.2, 0.25) is 0 Å². The highest BCUT2D eigenvalue weighted by Crippen LogP contribution is 2.22. The molecule has 2 fully saturated rings. The smallest absolute Gasteiger partial charge is 0.107 e. The van der Waals surface area contributed by atoms with Crippen molar-refractivity contribution in [2.24, 2.45) is 0 Å². The molecule has 4 heteroatoms. The first-order valence-electron chi connectivity index (χ1n) is 7.18. The molecule has 2 aliphatic carbocycles. The molecule has 0 aliphatic heterocycles. The number of thiazole rings is 1. The lowest BCUT2D eigenvalue weighted by Crippen LogP contribution is -2.17. The van der Waals surface area contributed by atoms with Gasteiger partial charge in [0.05, 0.1) is 18.4 Å². The highest BCUT2D eigenvalue weighted by atomic mass is 32.1. The minimum absolute atomic E-state index is 0.480. The van der Waals surface area contributed by atoms with E-state index in [0.717, 1.165) is 18.3 Å². The molecule has 0 spiro atoms. The summed E-state index contributed by atoms with van der Waals surface area (Å²) in [5, 5.41) is 6.84. The highest BCUT2D eigenvalue weighted by molar-refractivity contribution is 7.09. The Balaban J connectivity index is 1.41. The Morgan fingerprint density at radius 1 is 1.22 bits per heavy atom. The van der Waals surface area contributed by atoms with Gasteiger partial charge in [-0.15, -0.1) is 11.3 Å². The van der Waals surface area contributed by atoms with E-state index in [1.165, 1.54) is 50.0 Å². The maximum absolute atomic E-state index is 5.94. The molecule has 1 heterocycles. The topological polar surface area (TPSA) is 34.2 Å². The second kappa shape index (κ2) is 6.13. The van der Waals surface area contributed by atoms with Crippen molar-refractivity contribution in [2.45, 2.75) is 70.2 Å². The van der Waals surface area contributed by atoms with Crippen LogP contribution < -0.4 is 5.32 Å². The van der Waals surface area contributed by atoms with Crippen LogP contribution in [0.4, 0.5) is 0 Å². The van der Waals surface area contributed by atoms with Gasteiger partial charge in [-0.05, 0) is 25.7 Å². The van der Waals surface area contributed by atoms with E-state index in [0.29, 0.717) is 12.7 Å². The quantitative estimate of drug-likeness (QED) is 0.858. The third-order valence-electron chi connectivity index (χ3n) is 3.74. The lowest BCUT2D eigenvalue weighted by atomic mass is 9.98. The van der Waals surface area contributed by atoms with Gasteiger partial charge in [0.1, 0.15) is 5.01 Å². The zero-order valence-electron chi connectivity index (χ0n) is 10.9. The molecule has 0 saturated heterocycles. The SMILES string of the molecule is c1sc(CNC2CC2)nc1COC1CCCCC1. The van der Waals surface area contributed by atoms with Crippen LogP contribution in [0, 0.1) is 0 Å². The highest BCUT2D eigenvalue weighted by Gasteiger charge is 2.20. The van der Waals surface area contributed by atoms with Gasteiger partial charge in [0, 0.05) is 18.0 Å². The molecule has 1 aromatic rings. The van der Waals surface area contributed by atoms with Gasteiger partial charge in [-0.2, -0.15) is 0 Å². The van der Waals surface area contributed by atoms with E-state index in [4.69, 9.17) is 4.74 Å². The van der Waals surface area contributed by atoms with E-state index in [9.17, 15) is 0 Å². The van der Waals surface area contributed by atoms with Crippen LogP contribution in [0.1, 0.15) is 55.6 Å². The first kappa shape index (κ1) is 12.6. The van der Waals surface area contributed by atoms with Crippen LogP contribution in [0.2, 0.25) is 0 Å². The Labute approximate surface area is 113 Å². The van der Waals surface area contributed by atoms with E-state index < -0.39 is 0 Å². The van der Waals surface area contributed by atoms with Crippen LogP contribution in [0.5, 0.6) is 0 Å². The number of hydrogen-bond donors (Lipinski definition) is 1. The molecule has 3 nitrogen and oxygen atoms in total. The standard InChI is InChI=1S/C14H22N2OS/c1-2-4-13(5-3-1)17-9-12-10-18-14(16-12)8-15-11-6-7-11/h10-11,13,15H,1-9H2. The number of rotatable bonds is 6. The molecule has 0 amide bonds. The second-order valence-corrected chi connectivity index (χ2v) is 6.40. The molecule has 0 radical (unpaired) electrons. The van der Waals surface area contributed by atoms with Crippen LogP contribution in [0.3, 0.4) is 0 Å². The molecular weight excluding hydrogens is 244 g/mol. The molecule has 0 bridgehead atoms. The molecule has 0 unspecified atom stereocenters. The summed E-state index contributed by atoms with van der Waals surface area (Å²) in [5.74, 6) is 0. The van der Waals surface area contributed by atoms with Gasteiger partial charge in [0.15, 0.2) is 0 Å². The van der Waals surface area contributed by atoms with Crippen molar-refractivity contribution in [2.75, 3.05) is 0 Å². The Morgan fingerprint density at radius 3 is 2.83 bits per heavy atom. The van der Waals surface area contributed by atoms with Crippen molar-refractivity contribution in [1.82, 2.24) is 10.3 Å². The van der Waals surface area contributed by atoms with Gasteiger partial charge in [0.25, 0.3) is 0 Å². The number of nitrogens with zero attached hydrogens (tertiary/aromatic N) is 1. The van der Waals surface area contributed by atoms with Gasteiger partial charge >= 0.3 is 0 Å². The van der Waals surface area contributed by atoms with Crippen LogP contribution in [-0.2, 0) is 17.9 Å². The summed E-state index contributed by atoms with van der Waals surface area (Å²) >= 11 is 1.75. The van der Waals surface area contributed by atoms with E-state index in [2.05, 4.69) is 15.7 Å². The molecule has 3 rings (SSSR count). The fourth-order valence-corrected chi connectivity index (χ4v) is 3.18. The Bertz CT molecular complexity index is 370. The van der Waals surface area contributed by atoms with E-state index >= 15 is 0 Å². The van der Waals surface area contributed by atoms with Crippen LogP contribution >= 0.6 is 11.3 Å². The predicted molar refractivity (Wildman–Crippen MR) is 73.6 cm³/mol. The third-order valence-corrected chi connectivity index (χ3v) is 4.64. The minimum Gasteiger partial charge on any atom is -0.372 e. The second-order valence-electron chi connectivity index (χ2n) is 5.46. The van der Waals surface area contributed by atoms with Crippen LogP contribution in [-0.4, -0.2) is 17.1 Å². The van der Waals surface area contributed by atoms with Crippen molar-refractivity contribution in [3.63, 3.8) is 0 Å². The van der Waals surface area contributed by atoms with Gasteiger partial charge in [-0.3, -0.25) is 0 Å². The Hall–Kier alpha value is -0.450. The first-order chi connectivity index (χ1) is 8.90. The number of nitrogens with one attached hydrogen (secondary N) is 1. The molecule has 0 aromatic carbocycles. The van der Waals surface area contributed by atoms with Crippen molar-refractivity contribution in [3.05, 3.63) is 16.1 Å². The lowest BCUT2D eigenvalue weighted by molar-refractivity contribution is 0.0154. The van der Waals surface area contributed by atoms with Crippen molar-refractivity contribution in [3.8, 4) is 0 Å². The number of ether oxygens (including phenoxy) is 1. The average Bonchev–Trinajstić information content (AvgIpc) is 3.14. The van der Waals surface area contributed by atoms with E-state index in [1.54, 1.807) is 11.3 Å². The Morgan fingerprint density at radius 2 is 2.06 bits per heavy atom. The number of aromatic nitrogens is 1. The van der Waals surface area contributed by atoms with Gasteiger partial charge in [-0.25, -0.2) is 4.98 Å². The lowest BCUT2D eigenvalue weighted by Gasteiger charge is -2.21. The van der Waals surface area contributed by atoms with Crippen LogP contribution in [0.25, 0.3) is 0 Å². The molecule has 2 saturated carbocycles. The zero-order chi connectivity index (χ0) is 12.2. The fraction of sp³-hybridized carbons (Fsp3) is 0.786. The van der Waals surface area contributed by atoms with Crippen molar-refractivity contribution >= 4 is 11.3 Å². The normalized spacial score (nSPS) is 21.3. The molecule has 18 heavy (non-hydrogen) atoms. The monoisotopic (exact) mass is 266 g/mol. The van der Waals surface area contributed by atoms with Gasteiger partial charge < -0.3 is 10.1 Å². The van der Waals surface area contributed by atoms with E-state index in [1.807, 2.05) is 0 Å². The summed E-state index contributed by atoms with van der Waals surface area (Å²) in [4.78, 5) is 4.63.